The second-order valence-corrected chi connectivity index (χ2v) is 8.25. The molecule has 1 aliphatic carbocycles. The van der Waals surface area contributed by atoms with Gasteiger partial charge in [-0.15, -0.1) is 11.3 Å². The molecule has 158 valence electrons. The molecule has 0 radical (unpaired) electrons. The number of aromatic nitrogens is 1. The number of nitrogens with zero attached hydrogens (tertiary/aromatic N) is 1. The third-order valence-corrected chi connectivity index (χ3v) is 6.14. The summed E-state index contributed by atoms with van der Waals surface area (Å²) in [7, 11) is 0. The quantitative estimate of drug-likeness (QED) is 0.522. The van der Waals surface area contributed by atoms with Gasteiger partial charge in [0, 0.05) is 23.2 Å². The highest BCUT2D eigenvalue weighted by atomic mass is 32.1. The first-order chi connectivity index (χ1) is 14.3. The first-order valence-electron chi connectivity index (χ1n) is 9.58. The van der Waals surface area contributed by atoms with Crippen LogP contribution >= 0.6 is 11.3 Å². The Morgan fingerprint density at radius 2 is 1.77 bits per heavy atom. The van der Waals surface area contributed by atoms with E-state index in [4.69, 9.17) is 0 Å². The van der Waals surface area contributed by atoms with Gasteiger partial charge in [0.25, 0.3) is 5.91 Å². The van der Waals surface area contributed by atoms with Crippen molar-refractivity contribution in [3.63, 3.8) is 0 Å². The number of para-hydroxylation sites is 1. The van der Waals surface area contributed by atoms with Gasteiger partial charge in [-0.25, -0.2) is 9.37 Å². The molecule has 0 saturated heterocycles. The van der Waals surface area contributed by atoms with Gasteiger partial charge >= 0.3 is 6.18 Å². The minimum atomic E-state index is -4.53. The molecule has 1 fully saturated rings. The van der Waals surface area contributed by atoms with Gasteiger partial charge in [-0.05, 0) is 49.3 Å². The summed E-state index contributed by atoms with van der Waals surface area (Å²) < 4.78 is 53.3. The molecule has 1 aromatic carbocycles. The largest absolute Gasteiger partial charge is 0.433 e. The highest BCUT2D eigenvalue weighted by Gasteiger charge is 2.34. The normalized spacial score (nSPS) is 19.6. The van der Waals surface area contributed by atoms with E-state index in [1.165, 1.54) is 11.4 Å². The topological polar surface area (TPSA) is 54.0 Å². The summed E-state index contributed by atoms with van der Waals surface area (Å²) in [4.78, 5) is 16.0. The van der Waals surface area contributed by atoms with Crippen molar-refractivity contribution < 1.29 is 22.4 Å². The molecule has 30 heavy (non-hydrogen) atoms. The summed E-state index contributed by atoms with van der Waals surface area (Å²) in [5.41, 5.74) is -0.238. The maximum Gasteiger partial charge on any atom is 0.433 e. The SMILES string of the molecule is O=C(N[C@H]1CC[C@@H](Nc2cc(C(F)(F)F)nc3ccccc23)CC1)c1sccc1F. The molecule has 1 aliphatic rings. The molecule has 4 rings (SSSR count). The number of fused-ring (bicyclic) bond motifs is 1. The molecule has 2 aromatic heterocycles. The fraction of sp³-hybridized carbons (Fsp3) is 0.333. The Labute approximate surface area is 174 Å². The number of hydrogen-bond acceptors (Lipinski definition) is 4. The van der Waals surface area contributed by atoms with Crippen molar-refractivity contribution >= 4 is 33.8 Å². The van der Waals surface area contributed by atoms with Gasteiger partial charge in [-0.2, -0.15) is 13.2 Å². The molecule has 2 N–H and O–H groups in total. The van der Waals surface area contributed by atoms with E-state index in [2.05, 4.69) is 15.6 Å². The number of rotatable bonds is 4. The Bertz CT molecular complexity index is 1060. The van der Waals surface area contributed by atoms with Gasteiger partial charge in [0.05, 0.1) is 5.52 Å². The Hall–Kier alpha value is -2.68. The Balaban J connectivity index is 1.43. The van der Waals surface area contributed by atoms with Crippen molar-refractivity contribution in [1.82, 2.24) is 10.3 Å². The number of carbonyl (C=O) groups excluding carboxylic acids is 1. The number of carbonyl (C=O) groups is 1. The summed E-state index contributed by atoms with van der Waals surface area (Å²) in [6.45, 7) is 0. The molecular formula is C21H19F4N3OS. The zero-order valence-corrected chi connectivity index (χ0v) is 16.6. The Morgan fingerprint density at radius 1 is 1.07 bits per heavy atom. The van der Waals surface area contributed by atoms with Crippen molar-refractivity contribution in [1.29, 1.82) is 0 Å². The van der Waals surface area contributed by atoms with Crippen LogP contribution in [0, 0.1) is 5.82 Å². The number of anilines is 1. The lowest BCUT2D eigenvalue weighted by atomic mass is 9.90. The fourth-order valence-electron chi connectivity index (χ4n) is 3.75. The van der Waals surface area contributed by atoms with Crippen LogP contribution in [-0.4, -0.2) is 23.0 Å². The lowest BCUT2D eigenvalue weighted by molar-refractivity contribution is -0.140. The van der Waals surface area contributed by atoms with Crippen LogP contribution in [0.1, 0.15) is 41.0 Å². The summed E-state index contributed by atoms with van der Waals surface area (Å²) in [6.07, 6.45) is -1.86. The molecule has 1 amide bonds. The van der Waals surface area contributed by atoms with Crippen molar-refractivity contribution in [3.8, 4) is 0 Å². The number of hydrogen-bond donors (Lipinski definition) is 2. The lowest BCUT2D eigenvalue weighted by Gasteiger charge is -2.30. The zero-order valence-electron chi connectivity index (χ0n) is 15.8. The maximum atomic E-state index is 13.6. The average molecular weight is 437 g/mol. The van der Waals surface area contributed by atoms with E-state index in [0.717, 1.165) is 17.4 Å². The molecule has 9 heteroatoms. The predicted molar refractivity (Wildman–Crippen MR) is 108 cm³/mol. The molecule has 0 spiro atoms. The average Bonchev–Trinajstić information content (AvgIpc) is 3.15. The zero-order chi connectivity index (χ0) is 21.3. The minimum Gasteiger partial charge on any atom is -0.382 e. The summed E-state index contributed by atoms with van der Waals surface area (Å²) in [6, 6.07) is 8.92. The first-order valence-corrected chi connectivity index (χ1v) is 10.5. The maximum absolute atomic E-state index is 13.6. The van der Waals surface area contributed by atoms with Crippen LogP contribution in [0.4, 0.5) is 23.2 Å². The number of alkyl halides is 3. The monoisotopic (exact) mass is 437 g/mol. The number of pyridine rings is 1. The second kappa shape index (κ2) is 8.22. The van der Waals surface area contributed by atoms with Crippen LogP contribution in [0.2, 0.25) is 0 Å². The number of nitrogens with one attached hydrogen (secondary N) is 2. The van der Waals surface area contributed by atoms with Crippen LogP contribution in [0.3, 0.4) is 0 Å². The minimum absolute atomic E-state index is 0.0245. The van der Waals surface area contributed by atoms with Crippen LogP contribution in [0.5, 0.6) is 0 Å². The fourth-order valence-corrected chi connectivity index (χ4v) is 4.42. The molecule has 0 unspecified atom stereocenters. The molecule has 0 bridgehead atoms. The number of thiophene rings is 1. The van der Waals surface area contributed by atoms with Crippen molar-refractivity contribution in [2.24, 2.45) is 0 Å². The Morgan fingerprint density at radius 3 is 2.43 bits per heavy atom. The van der Waals surface area contributed by atoms with E-state index >= 15 is 0 Å². The van der Waals surface area contributed by atoms with Gasteiger partial charge in [0.2, 0.25) is 0 Å². The lowest BCUT2D eigenvalue weighted by Crippen LogP contribution is -2.40. The standard InChI is InChI=1S/C21H19F4N3OS/c22-15-9-10-30-19(15)20(29)27-13-7-5-12(6-8-13)26-17-11-18(21(23,24)25)28-16-4-2-1-3-14(16)17/h1-4,9-13H,5-8H2,(H,26,28)(H,27,29)/t12-,13+. The molecule has 0 atom stereocenters. The smallest absolute Gasteiger partial charge is 0.382 e. The van der Waals surface area contributed by atoms with Gasteiger partial charge in [-0.1, -0.05) is 18.2 Å². The summed E-state index contributed by atoms with van der Waals surface area (Å²) in [5.74, 6) is -0.952. The summed E-state index contributed by atoms with van der Waals surface area (Å²) in [5, 5.41) is 8.25. The van der Waals surface area contributed by atoms with Crippen LogP contribution in [0.15, 0.2) is 41.8 Å². The van der Waals surface area contributed by atoms with Crippen molar-refractivity contribution in [3.05, 3.63) is 58.2 Å². The molecule has 2 heterocycles. The van der Waals surface area contributed by atoms with E-state index in [-0.39, 0.29) is 22.5 Å². The highest BCUT2D eigenvalue weighted by Crippen LogP contribution is 2.34. The van der Waals surface area contributed by atoms with Gasteiger partial charge in [-0.3, -0.25) is 4.79 Å². The van der Waals surface area contributed by atoms with Crippen LogP contribution < -0.4 is 10.6 Å². The van der Waals surface area contributed by atoms with Gasteiger partial charge < -0.3 is 10.6 Å². The van der Waals surface area contributed by atoms with Gasteiger partial charge in [0.1, 0.15) is 16.4 Å². The van der Waals surface area contributed by atoms with E-state index in [1.54, 1.807) is 24.3 Å². The van der Waals surface area contributed by atoms with E-state index < -0.39 is 23.6 Å². The summed E-state index contributed by atoms with van der Waals surface area (Å²) >= 11 is 1.06. The van der Waals surface area contributed by atoms with Crippen LogP contribution in [0.25, 0.3) is 10.9 Å². The second-order valence-electron chi connectivity index (χ2n) is 7.33. The third-order valence-electron chi connectivity index (χ3n) is 5.25. The molecule has 4 nitrogen and oxygen atoms in total. The van der Waals surface area contributed by atoms with E-state index in [1.807, 2.05) is 0 Å². The molecular weight excluding hydrogens is 418 g/mol. The molecule has 0 aliphatic heterocycles. The third kappa shape index (κ3) is 4.40. The van der Waals surface area contributed by atoms with E-state index in [0.29, 0.717) is 36.8 Å². The first kappa shape index (κ1) is 20.6. The van der Waals surface area contributed by atoms with Crippen molar-refractivity contribution in [2.75, 3.05) is 5.32 Å². The number of halogens is 4. The number of benzene rings is 1. The van der Waals surface area contributed by atoms with Crippen molar-refractivity contribution in [2.45, 2.75) is 43.9 Å². The van der Waals surface area contributed by atoms with Crippen LogP contribution in [-0.2, 0) is 6.18 Å². The molecule has 1 saturated carbocycles. The predicted octanol–water partition coefficient (Wildman–Crippen LogP) is 5.61. The van der Waals surface area contributed by atoms with E-state index in [9.17, 15) is 22.4 Å². The number of amides is 1. The highest BCUT2D eigenvalue weighted by molar-refractivity contribution is 7.12. The Kier molecular flexibility index (Phi) is 5.64. The molecule has 3 aromatic rings. The van der Waals surface area contributed by atoms with Gasteiger partial charge in [0.15, 0.2) is 0 Å².